The van der Waals surface area contributed by atoms with Gasteiger partial charge >= 0.3 is 0 Å². The van der Waals surface area contributed by atoms with Crippen LogP contribution in [-0.4, -0.2) is 18.7 Å². The largest absolute Gasteiger partial charge is 0.384 e. The summed E-state index contributed by atoms with van der Waals surface area (Å²) in [7, 11) is 0. The number of primary amides is 1. The minimum Gasteiger partial charge on any atom is -0.384 e. The molecule has 4 nitrogen and oxygen atoms in total. The topological polar surface area (TPSA) is 79.0 Å². The Kier molecular flexibility index (Phi) is 3.67. The second kappa shape index (κ2) is 5.01. The van der Waals surface area contributed by atoms with Crippen LogP contribution >= 0.6 is 0 Å². The van der Waals surface area contributed by atoms with Crippen LogP contribution in [0.4, 0.5) is 5.69 Å². The zero-order valence-corrected chi connectivity index (χ0v) is 7.79. The summed E-state index contributed by atoms with van der Waals surface area (Å²) in [5, 5.41) is 10.2. The van der Waals surface area contributed by atoms with Gasteiger partial charge in [-0.3, -0.25) is 4.79 Å². The molecular formula is C10H15N3O. The zero-order valence-electron chi connectivity index (χ0n) is 7.79. The third-order valence-electron chi connectivity index (χ3n) is 1.80. The molecule has 0 bridgehead atoms. The number of carbonyl (C=O) groups excluding carboxylic acids is 1. The quantitative estimate of drug-likeness (QED) is 0.615. The molecule has 1 rings (SSSR count). The number of rotatable bonds is 5. The molecule has 0 unspecified atom stereocenters. The Morgan fingerprint density at radius 1 is 1.57 bits per heavy atom. The molecule has 1 aromatic carbocycles. The molecule has 0 aliphatic carbocycles. The highest BCUT2D eigenvalue weighted by Gasteiger charge is 1.98. The lowest BCUT2D eigenvalue weighted by molar-refractivity contribution is -0.117. The third kappa shape index (κ3) is 2.90. The summed E-state index contributed by atoms with van der Waals surface area (Å²) in [5.74, 6) is -0.329. The molecule has 0 fully saturated rings. The second-order valence-electron chi connectivity index (χ2n) is 2.87. The minimum atomic E-state index is -0.329. The van der Waals surface area contributed by atoms with Crippen molar-refractivity contribution in [1.82, 2.24) is 0 Å². The van der Waals surface area contributed by atoms with Crippen LogP contribution < -0.4 is 11.1 Å². The fraction of sp³-hybridized carbons (Fsp3) is 0.200. The molecule has 76 valence electrons. The first kappa shape index (κ1) is 10.2. The monoisotopic (exact) mass is 193 g/mol. The first-order chi connectivity index (χ1) is 6.74. The molecule has 0 aliphatic rings. The predicted molar refractivity (Wildman–Crippen MR) is 58.7 cm³/mol. The van der Waals surface area contributed by atoms with E-state index in [0.717, 1.165) is 11.3 Å². The molecule has 1 amide bonds. The van der Waals surface area contributed by atoms with E-state index in [9.17, 15) is 4.79 Å². The van der Waals surface area contributed by atoms with Crippen LogP contribution in [0.2, 0.25) is 0 Å². The Labute approximate surface area is 84.1 Å². The molecule has 1 aromatic rings. The Balaban J connectivity index is 0.00000196. The van der Waals surface area contributed by atoms with Gasteiger partial charge in [-0.2, -0.15) is 0 Å². The van der Waals surface area contributed by atoms with Gasteiger partial charge in [-0.05, 0) is 6.07 Å². The number of nitrogens with two attached hydrogens (primary N) is 1. The fourth-order valence-electron chi connectivity index (χ4n) is 1.10. The molecule has 0 atom stereocenters. The van der Waals surface area contributed by atoms with Crippen LogP contribution in [0.15, 0.2) is 24.3 Å². The van der Waals surface area contributed by atoms with Crippen LogP contribution in [0, 0.1) is 5.41 Å². The highest BCUT2D eigenvalue weighted by atomic mass is 16.1. The molecule has 0 heterocycles. The predicted octanol–water partition coefficient (Wildman–Crippen LogP) is 1.22. The van der Waals surface area contributed by atoms with Gasteiger partial charge in [0.05, 0.1) is 0 Å². The van der Waals surface area contributed by atoms with Crippen molar-refractivity contribution in [3.63, 3.8) is 0 Å². The van der Waals surface area contributed by atoms with Crippen molar-refractivity contribution < 1.29 is 6.22 Å². The summed E-state index contributed by atoms with van der Waals surface area (Å²) >= 11 is 0. The molecule has 0 spiro atoms. The summed E-state index contributed by atoms with van der Waals surface area (Å²) in [6, 6.07) is 7.43. The number of hydrogen-bond donors (Lipinski definition) is 3. The van der Waals surface area contributed by atoms with Gasteiger partial charge < -0.3 is 16.5 Å². The average molecular weight is 193 g/mol. The van der Waals surface area contributed by atoms with Gasteiger partial charge in [0.25, 0.3) is 0 Å². The van der Waals surface area contributed by atoms with Crippen molar-refractivity contribution in [2.75, 3.05) is 11.9 Å². The van der Waals surface area contributed by atoms with Crippen molar-refractivity contribution >= 4 is 17.8 Å². The second-order valence-corrected chi connectivity index (χ2v) is 2.87. The van der Waals surface area contributed by atoms with Gasteiger partial charge in [0, 0.05) is 31.9 Å². The highest BCUT2D eigenvalue weighted by Crippen LogP contribution is 2.11. The molecular weight excluding hydrogens is 178 g/mol. The van der Waals surface area contributed by atoms with Gasteiger partial charge in [-0.1, -0.05) is 18.2 Å². The van der Waals surface area contributed by atoms with Gasteiger partial charge in [0.15, 0.2) is 0 Å². The van der Waals surface area contributed by atoms with Gasteiger partial charge in [0.1, 0.15) is 0 Å². The van der Waals surface area contributed by atoms with Crippen molar-refractivity contribution in [2.24, 2.45) is 5.73 Å². The van der Waals surface area contributed by atoms with Crippen molar-refractivity contribution in [1.29, 1.82) is 5.41 Å². The highest BCUT2D eigenvalue weighted by molar-refractivity contribution is 5.85. The lowest BCUT2D eigenvalue weighted by Gasteiger charge is -2.07. The van der Waals surface area contributed by atoms with E-state index in [1.807, 2.05) is 24.3 Å². The van der Waals surface area contributed by atoms with Crippen molar-refractivity contribution in [3.05, 3.63) is 29.8 Å². The van der Waals surface area contributed by atoms with E-state index in [0.29, 0.717) is 13.0 Å². The Hall–Kier alpha value is -1.84. The third-order valence-corrected chi connectivity index (χ3v) is 1.80. The van der Waals surface area contributed by atoms with Crippen molar-refractivity contribution in [2.45, 2.75) is 6.42 Å². The van der Waals surface area contributed by atoms with E-state index >= 15 is 0 Å². The molecule has 4 N–H and O–H groups in total. The Morgan fingerprint density at radius 3 is 2.93 bits per heavy atom. The molecule has 14 heavy (non-hydrogen) atoms. The normalized spacial score (nSPS) is 9.43. The molecule has 4 heteroatoms. The number of amides is 1. The number of carbonyl (C=O) groups is 1. The summed E-state index contributed by atoms with van der Waals surface area (Å²) in [6.07, 6.45) is 1.57. The van der Waals surface area contributed by atoms with Crippen molar-refractivity contribution in [3.8, 4) is 0 Å². The lowest BCUT2D eigenvalue weighted by Crippen LogP contribution is -2.16. The zero-order chi connectivity index (χ0) is 10.4. The summed E-state index contributed by atoms with van der Waals surface area (Å²) in [6.45, 7) is 0.500. The summed E-state index contributed by atoms with van der Waals surface area (Å²) in [4.78, 5) is 10.5. The van der Waals surface area contributed by atoms with E-state index in [4.69, 9.17) is 11.1 Å². The Bertz CT molecular complexity index is 341. The van der Waals surface area contributed by atoms with Gasteiger partial charge in [-0.15, -0.1) is 0 Å². The van der Waals surface area contributed by atoms with Crippen LogP contribution in [0.5, 0.6) is 0 Å². The molecule has 0 saturated carbocycles. The van der Waals surface area contributed by atoms with Crippen LogP contribution in [-0.2, 0) is 4.79 Å². The molecule has 0 aliphatic heterocycles. The maximum atomic E-state index is 10.5. The molecule has 0 aromatic heterocycles. The standard InChI is InChI=1S/C10H13N3O.H2/c11-7-8-3-1-2-4-9(8)13-6-5-10(12)14;/h1-4,7,11,13H,5-6H2,(H2,12,14);1H. The lowest BCUT2D eigenvalue weighted by atomic mass is 10.2. The number of nitrogens with one attached hydrogen (secondary N) is 2. The first-order valence-electron chi connectivity index (χ1n) is 4.35. The first-order valence-corrected chi connectivity index (χ1v) is 4.35. The van der Waals surface area contributed by atoms with E-state index in [1.165, 1.54) is 6.21 Å². The molecule has 0 saturated heterocycles. The average Bonchev–Trinajstić information content (AvgIpc) is 2.18. The SMILES string of the molecule is N=Cc1ccccc1NCCC(N)=O.[HH]. The summed E-state index contributed by atoms with van der Waals surface area (Å²) < 4.78 is 0. The van der Waals surface area contributed by atoms with E-state index in [2.05, 4.69) is 5.32 Å². The van der Waals surface area contributed by atoms with Gasteiger partial charge in [0.2, 0.25) is 5.91 Å². The minimum absolute atomic E-state index is 0. The van der Waals surface area contributed by atoms with Crippen LogP contribution in [0.25, 0.3) is 0 Å². The number of hydrogen-bond acceptors (Lipinski definition) is 3. The number of anilines is 1. The van der Waals surface area contributed by atoms with Gasteiger partial charge in [-0.25, -0.2) is 0 Å². The maximum absolute atomic E-state index is 10.5. The van der Waals surface area contributed by atoms with Crippen LogP contribution in [0.1, 0.15) is 13.4 Å². The number of benzene rings is 1. The smallest absolute Gasteiger partial charge is 0.219 e. The summed E-state index contributed by atoms with van der Waals surface area (Å²) in [5.41, 5.74) is 6.66. The van der Waals surface area contributed by atoms with Crippen LogP contribution in [0.3, 0.4) is 0 Å². The Morgan fingerprint density at radius 2 is 2.29 bits per heavy atom. The van der Waals surface area contributed by atoms with E-state index < -0.39 is 0 Å². The van der Waals surface area contributed by atoms with E-state index in [-0.39, 0.29) is 7.33 Å². The number of para-hydroxylation sites is 1. The fourth-order valence-corrected chi connectivity index (χ4v) is 1.10. The van der Waals surface area contributed by atoms with E-state index in [1.54, 1.807) is 0 Å². The maximum Gasteiger partial charge on any atom is 0.219 e. The molecule has 0 radical (unpaired) electrons.